The molecule has 3 heterocycles. The summed E-state index contributed by atoms with van der Waals surface area (Å²) in [7, 11) is -3.51. The highest BCUT2D eigenvalue weighted by molar-refractivity contribution is 7.89. The second kappa shape index (κ2) is 7.06. The number of aromatic nitrogens is 2. The zero-order valence-electron chi connectivity index (χ0n) is 13.1. The van der Waals surface area contributed by atoms with Gasteiger partial charge in [0.1, 0.15) is 16.4 Å². The topological polar surface area (TPSA) is 92.3 Å². The van der Waals surface area contributed by atoms with Gasteiger partial charge in [0.05, 0.1) is 0 Å². The van der Waals surface area contributed by atoms with Crippen molar-refractivity contribution >= 4 is 21.7 Å². The maximum Gasteiger partial charge on any atom is 0.275 e. The summed E-state index contributed by atoms with van der Waals surface area (Å²) in [6.07, 6.45) is 5.62. The highest BCUT2D eigenvalue weighted by Gasteiger charge is 2.26. The molecule has 3 rings (SSSR count). The lowest BCUT2D eigenvalue weighted by atomic mass is 10.2. The van der Waals surface area contributed by atoms with Crippen LogP contribution in [-0.2, 0) is 10.0 Å². The van der Waals surface area contributed by atoms with Crippen LogP contribution in [0, 0.1) is 0 Å². The lowest BCUT2D eigenvalue weighted by Crippen LogP contribution is -2.35. The van der Waals surface area contributed by atoms with Crippen molar-refractivity contribution in [3.05, 3.63) is 48.4 Å². The number of piperidine rings is 1. The van der Waals surface area contributed by atoms with Crippen LogP contribution in [0.4, 0.5) is 5.82 Å². The normalized spacial score (nSPS) is 15.8. The molecule has 7 nitrogen and oxygen atoms in total. The van der Waals surface area contributed by atoms with Crippen LogP contribution in [-0.4, -0.2) is 41.7 Å². The Morgan fingerprint density at radius 3 is 2.46 bits per heavy atom. The van der Waals surface area contributed by atoms with Crippen LogP contribution in [0.1, 0.15) is 29.8 Å². The minimum Gasteiger partial charge on any atom is -0.305 e. The predicted octanol–water partition coefficient (Wildman–Crippen LogP) is 1.90. The van der Waals surface area contributed by atoms with Crippen molar-refractivity contribution in [3.8, 4) is 0 Å². The van der Waals surface area contributed by atoms with Crippen molar-refractivity contribution < 1.29 is 13.2 Å². The number of rotatable bonds is 4. The van der Waals surface area contributed by atoms with Crippen LogP contribution >= 0.6 is 0 Å². The molecule has 1 aliphatic heterocycles. The summed E-state index contributed by atoms with van der Waals surface area (Å²) in [6, 6.07) is 7.96. The Labute approximate surface area is 140 Å². The first kappa shape index (κ1) is 16.5. The summed E-state index contributed by atoms with van der Waals surface area (Å²) in [5, 5.41) is 2.60. The van der Waals surface area contributed by atoms with E-state index < -0.39 is 15.9 Å². The van der Waals surface area contributed by atoms with E-state index in [1.165, 1.54) is 28.8 Å². The van der Waals surface area contributed by atoms with Crippen molar-refractivity contribution in [2.24, 2.45) is 0 Å². The van der Waals surface area contributed by atoms with Gasteiger partial charge >= 0.3 is 0 Å². The number of hydrogen-bond donors (Lipinski definition) is 1. The maximum atomic E-state index is 12.5. The number of carbonyl (C=O) groups excluding carboxylic acids is 1. The summed E-state index contributed by atoms with van der Waals surface area (Å²) < 4.78 is 26.5. The number of nitrogens with zero attached hydrogens (tertiary/aromatic N) is 3. The van der Waals surface area contributed by atoms with Crippen molar-refractivity contribution in [3.63, 3.8) is 0 Å². The van der Waals surface area contributed by atoms with E-state index in [0.717, 1.165) is 19.3 Å². The van der Waals surface area contributed by atoms with E-state index in [2.05, 4.69) is 15.3 Å². The molecule has 0 saturated carbocycles. The molecule has 1 saturated heterocycles. The Morgan fingerprint density at radius 1 is 1.04 bits per heavy atom. The van der Waals surface area contributed by atoms with Crippen LogP contribution in [0.3, 0.4) is 0 Å². The molecule has 1 N–H and O–H groups in total. The smallest absolute Gasteiger partial charge is 0.275 e. The molecule has 0 bridgehead atoms. The molecule has 126 valence electrons. The number of hydrogen-bond acceptors (Lipinski definition) is 5. The second-order valence-electron chi connectivity index (χ2n) is 5.51. The molecule has 2 aromatic heterocycles. The number of nitrogens with one attached hydrogen (secondary N) is 1. The molecule has 1 aliphatic rings. The summed E-state index contributed by atoms with van der Waals surface area (Å²) in [4.78, 5) is 20.1. The molecular weight excluding hydrogens is 328 g/mol. The Morgan fingerprint density at radius 2 is 1.83 bits per heavy atom. The minimum atomic E-state index is -3.51. The first-order valence-corrected chi connectivity index (χ1v) is 9.20. The van der Waals surface area contributed by atoms with E-state index in [9.17, 15) is 13.2 Å². The van der Waals surface area contributed by atoms with Gasteiger partial charge in [0.15, 0.2) is 0 Å². The highest BCUT2D eigenvalue weighted by atomic mass is 32.2. The fourth-order valence-electron chi connectivity index (χ4n) is 2.54. The predicted molar refractivity (Wildman–Crippen MR) is 89.0 cm³/mol. The summed E-state index contributed by atoms with van der Waals surface area (Å²) in [6.45, 7) is 1.08. The van der Waals surface area contributed by atoms with Gasteiger partial charge in [-0.3, -0.25) is 9.78 Å². The van der Waals surface area contributed by atoms with Crippen LogP contribution in [0.5, 0.6) is 0 Å². The molecule has 2 aromatic rings. The standard InChI is InChI=1S/C16H18N4O3S/c21-16(14-6-2-3-9-17-14)19-15-8-7-13(12-18-15)24(22,23)20-10-4-1-5-11-20/h2-3,6-9,12H,1,4-5,10-11H2,(H,18,19,21). The molecule has 0 aliphatic carbocycles. The summed E-state index contributed by atoms with van der Waals surface area (Å²) in [5.74, 6) is -0.113. The van der Waals surface area contributed by atoms with Gasteiger partial charge in [-0.05, 0) is 37.1 Å². The van der Waals surface area contributed by atoms with Crippen molar-refractivity contribution in [2.75, 3.05) is 18.4 Å². The van der Waals surface area contributed by atoms with Gasteiger partial charge in [-0.2, -0.15) is 4.31 Å². The Hall–Kier alpha value is -2.32. The first-order valence-electron chi connectivity index (χ1n) is 7.76. The maximum absolute atomic E-state index is 12.5. The molecule has 0 aromatic carbocycles. The molecule has 0 spiro atoms. The van der Waals surface area contributed by atoms with Gasteiger partial charge in [0.2, 0.25) is 10.0 Å². The van der Waals surface area contributed by atoms with Gasteiger partial charge in [-0.15, -0.1) is 0 Å². The van der Waals surface area contributed by atoms with E-state index in [1.54, 1.807) is 18.2 Å². The molecule has 24 heavy (non-hydrogen) atoms. The Bertz CT molecular complexity index is 801. The zero-order valence-corrected chi connectivity index (χ0v) is 13.9. The summed E-state index contributed by atoms with van der Waals surface area (Å²) in [5.41, 5.74) is 0.268. The third kappa shape index (κ3) is 3.60. The highest BCUT2D eigenvalue weighted by Crippen LogP contribution is 2.20. The van der Waals surface area contributed by atoms with Gasteiger partial charge in [0.25, 0.3) is 5.91 Å². The fourth-order valence-corrected chi connectivity index (χ4v) is 4.00. The molecule has 1 amide bonds. The van der Waals surface area contributed by atoms with Gasteiger partial charge in [-0.1, -0.05) is 12.5 Å². The van der Waals surface area contributed by atoms with Gasteiger partial charge < -0.3 is 5.32 Å². The van der Waals surface area contributed by atoms with Crippen LogP contribution < -0.4 is 5.32 Å². The average Bonchev–Trinajstić information content (AvgIpc) is 2.63. The third-order valence-electron chi connectivity index (χ3n) is 3.83. The lowest BCUT2D eigenvalue weighted by Gasteiger charge is -2.25. The molecule has 0 unspecified atom stereocenters. The third-order valence-corrected chi connectivity index (χ3v) is 5.71. The van der Waals surface area contributed by atoms with Gasteiger partial charge in [0, 0.05) is 25.5 Å². The van der Waals surface area contributed by atoms with Crippen molar-refractivity contribution in [2.45, 2.75) is 24.2 Å². The summed E-state index contributed by atoms with van der Waals surface area (Å²) >= 11 is 0. The number of carbonyl (C=O) groups is 1. The van der Waals surface area contributed by atoms with E-state index in [-0.39, 0.29) is 16.4 Å². The van der Waals surface area contributed by atoms with Crippen molar-refractivity contribution in [1.29, 1.82) is 0 Å². The molecule has 8 heteroatoms. The molecular formula is C16H18N4O3S. The second-order valence-corrected chi connectivity index (χ2v) is 7.45. The molecule has 1 fully saturated rings. The minimum absolute atomic E-state index is 0.139. The number of pyridine rings is 2. The molecule has 0 atom stereocenters. The van der Waals surface area contributed by atoms with E-state index >= 15 is 0 Å². The largest absolute Gasteiger partial charge is 0.305 e. The monoisotopic (exact) mass is 346 g/mol. The Balaban J connectivity index is 1.72. The van der Waals surface area contributed by atoms with Crippen LogP contribution in [0.2, 0.25) is 0 Å². The average molecular weight is 346 g/mol. The fraction of sp³-hybridized carbons (Fsp3) is 0.312. The number of amides is 1. The van der Waals surface area contributed by atoms with Gasteiger partial charge in [-0.25, -0.2) is 13.4 Å². The van der Waals surface area contributed by atoms with Crippen LogP contribution in [0.25, 0.3) is 0 Å². The first-order chi connectivity index (χ1) is 11.6. The SMILES string of the molecule is O=C(Nc1ccc(S(=O)(=O)N2CCCCC2)cn1)c1ccccn1. The number of sulfonamides is 1. The van der Waals surface area contributed by atoms with E-state index in [1.807, 2.05) is 0 Å². The van der Waals surface area contributed by atoms with E-state index in [4.69, 9.17) is 0 Å². The van der Waals surface area contributed by atoms with Crippen LogP contribution in [0.15, 0.2) is 47.6 Å². The van der Waals surface area contributed by atoms with E-state index in [0.29, 0.717) is 13.1 Å². The number of anilines is 1. The lowest BCUT2D eigenvalue weighted by molar-refractivity contribution is 0.102. The Kier molecular flexibility index (Phi) is 4.86. The quantitative estimate of drug-likeness (QED) is 0.913. The zero-order chi connectivity index (χ0) is 17.0. The molecule has 0 radical (unpaired) electrons. The van der Waals surface area contributed by atoms with Crippen molar-refractivity contribution in [1.82, 2.24) is 14.3 Å².